The molecule has 0 spiro atoms. The smallest absolute Gasteiger partial charge is 0.255 e. The van der Waals surface area contributed by atoms with E-state index in [-0.39, 0.29) is 6.42 Å². The third-order valence-electron chi connectivity index (χ3n) is 4.12. The fourth-order valence-electron chi connectivity index (χ4n) is 2.81. The first kappa shape index (κ1) is 18.3. The summed E-state index contributed by atoms with van der Waals surface area (Å²) in [6.45, 7) is 1.20. The zero-order valence-electron chi connectivity index (χ0n) is 15.0. The number of aryl methyl sites for hydroxylation is 1. The summed E-state index contributed by atoms with van der Waals surface area (Å²) in [6, 6.07) is 9.96. The van der Waals surface area contributed by atoms with Gasteiger partial charge in [-0.25, -0.2) is 0 Å². The lowest BCUT2D eigenvalue weighted by Crippen LogP contribution is -2.44. The minimum Gasteiger partial charge on any atom is -0.472 e. The third-order valence-corrected chi connectivity index (χ3v) is 4.12. The molecule has 2 aromatic heterocycles. The lowest BCUT2D eigenvalue weighted by atomic mass is 10.00. The Morgan fingerprint density at radius 3 is 2.56 bits per heavy atom. The lowest BCUT2D eigenvalue weighted by Gasteiger charge is -2.16. The van der Waals surface area contributed by atoms with Crippen LogP contribution in [0.2, 0.25) is 0 Å². The number of rotatable bonds is 7. The molecule has 2 heterocycles. The predicted octanol–water partition coefficient (Wildman–Crippen LogP) is 2.18. The topological polar surface area (TPSA) is 94.2 Å². The van der Waals surface area contributed by atoms with E-state index in [9.17, 15) is 14.4 Å². The lowest BCUT2D eigenvalue weighted by molar-refractivity contribution is -0.136. The zero-order chi connectivity index (χ0) is 19.4. The highest BCUT2D eigenvalue weighted by molar-refractivity contribution is 6.38. The van der Waals surface area contributed by atoms with E-state index in [1.807, 2.05) is 30.3 Å². The number of carbonyl (C=O) groups excluding carboxylic acids is 3. The Labute approximate surface area is 156 Å². The average Bonchev–Trinajstić information content (AvgIpc) is 3.30. The summed E-state index contributed by atoms with van der Waals surface area (Å²) in [4.78, 5) is 36.8. The van der Waals surface area contributed by atoms with Crippen LogP contribution in [0, 0.1) is 0 Å². The second kappa shape index (κ2) is 7.82. The van der Waals surface area contributed by atoms with E-state index in [1.165, 1.54) is 24.1 Å². The second-order valence-corrected chi connectivity index (χ2v) is 6.21. The van der Waals surface area contributed by atoms with Gasteiger partial charge in [-0.15, -0.1) is 0 Å². The fraction of sp³-hybridized carbons (Fsp3) is 0.200. The van der Waals surface area contributed by atoms with E-state index in [2.05, 4.69) is 10.4 Å². The van der Waals surface area contributed by atoms with Gasteiger partial charge in [0.2, 0.25) is 5.78 Å². The minimum absolute atomic E-state index is 0.228. The van der Waals surface area contributed by atoms with Crippen molar-refractivity contribution in [1.82, 2.24) is 15.1 Å². The number of Topliss-reactive ketones (excluding diaryl/α,β-unsaturated/α-hetero) is 2. The molecule has 27 heavy (non-hydrogen) atoms. The molecule has 0 saturated heterocycles. The SMILES string of the molecule is CC(=O)C(=O)C(Cc1ccccc1)NC(=O)c1cn(C)nc1-c1ccoc1. The van der Waals surface area contributed by atoms with Crippen LogP contribution in [0.5, 0.6) is 0 Å². The Morgan fingerprint density at radius 2 is 1.93 bits per heavy atom. The van der Waals surface area contributed by atoms with Crippen molar-refractivity contribution in [2.45, 2.75) is 19.4 Å². The van der Waals surface area contributed by atoms with Crippen molar-refractivity contribution < 1.29 is 18.8 Å². The predicted molar refractivity (Wildman–Crippen MR) is 98.0 cm³/mol. The van der Waals surface area contributed by atoms with Gasteiger partial charge in [-0.3, -0.25) is 19.1 Å². The molecule has 0 aliphatic carbocycles. The normalized spacial score (nSPS) is 11.8. The summed E-state index contributed by atoms with van der Waals surface area (Å²) >= 11 is 0. The Kier molecular flexibility index (Phi) is 5.30. The van der Waals surface area contributed by atoms with E-state index >= 15 is 0 Å². The van der Waals surface area contributed by atoms with E-state index in [0.717, 1.165) is 5.56 Å². The van der Waals surface area contributed by atoms with Crippen LogP contribution in [-0.2, 0) is 23.1 Å². The number of aromatic nitrogens is 2. The van der Waals surface area contributed by atoms with Crippen LogP contribution < -0.4 is 5.32 Å². The van der Waals surface area contributed by atoms with E-state index < -0.39 is 23.5 Å². The first-order valence-corrected chi connectivity index (χ1v) is 8.41. The largest absolute Gasteiger partial charge is 0.472 e. The number of amides is 1. The number of hydrogen-bond donors (Lipinski definition) is 1. The molecule has 0 radical (unpaired) electrons. The van der Waals surface area contributed by atoms with Crippen molar-refractivity contribution in [2.24, 2.45) is 7.05 Å². The van der Waals surface area contributed by atoms with E-state index in [0.29, 0.717) is 16.8 Å². The fourth-order valence-corrected chi connectivity index (χ4v) is 2.81. The monoisotopic (exact) mass is 365 g/mol. The van der Waals surface area contributed by atoms with Gasteiger partial charge in [-0.1, -0.05) is 30.3 Å². The molecule has 0 aliphatic heterocycles. The first-order chi connectivity index (χ1) is 13.0. The third kappa shape index (κ3) is 4.20. The standard InChI is InChI=1S/C20H19N3O4/c1-13(24)19(25)17(10-14-6-4-3-5-7-14)21-20(26)16-11-23(2)22-18(16)15-8-9-27-12-15/h3-9,11-12,17H,10H2,1-2H3,(H,21,26). The van der Waals surface area contributed by atoms with Crippen LogP contribution in [0.3, 0.4) is 0 Å². The second-order valence-electron chi connectivity index (χ2n) is 6.21. The van der Waals surface area contributed by atoms with Crippen LogP contribution in [-0.4, -0.2) is 33.3 Å². The zero-order valence-corrected chi connectivity index (χ0v) is 15.0. The number of nitrogens with one attached hydrogen (secondary N) is 1. The van der Waals surface area contributed by atoms with Crippen molar-refractivity contribution in [3.63, 3.8) is 0 Å². The van der Waals surface area contributed by atoms with Crippen molar-refractivity contribution in [2.75, 3.05) is 0 Å². The highest BCUT2D eigenvalue weighted by atomic mass is 16.3. The summed E-state index contributed by atoms with van der Waals surface area (Å²) in [6.07, 6.45) is 4.77. The molecule has 7 heteroatoms. The van der Waals surface area contributed by atoms with Gasteiger partial charge in [0.25, 0.3) is 5.91 Å². The average molecular weight is 365 g/mol. The van der Waals surface area contributed by atoms with Crippen LogP contribution in [0.15, 0.2) is 59.5 Å². The molecule has 3 rings (SSSR count). The molecule has 1 N–H and O–H groups in total. The summed E-state index contributed by atoms with van der Waals surface area (Å²) in [5.41, 5.74) is 2.24. The van der Waals surface area contributed by atoms with Gasteiger partial charge in [0.1, 0.15) is 5.69 Å². The van der Waals surface area contributed by atoms with E-state index in [1.54, 1.807) is 19.3 Å². The molecule has 7 nitrogen and oxygen atoms in total. The van der Waals surface area contributed by atoms with Gasteiger partial charge in [-0.2, -0.15) is 5.10 Å². The summed E-state index contributed by atoms with van der Waals surface area (Å²) in [5.74, 6) is -1.71. The van der Waals surface area contributed by atoms with Gasteiger partial charge in [0.15, 0.2) is 5.78 Å². The molecular formula is C20H19N3O4. The van der Waals surface area contributed by atoms with Crippen LogP contribution >= 0.6 is 0 Å². The summed E-state index contributed by atoms with van der Waals surface area (Å²) < 4.78 is 6.57. The number of benzene rings is 1. The molecule has 1 aromatic carbocycles. The number of ketones is 2. The molecule has 0 fully saturated rings. The van der Waals surface area contributed by atoms with Gasteiger partial charge in [0.05, 0.1) is 24.1 Å². The number of furan rings is 1. The Hall–Kier alpha value is -3.48. The number of hydrogen-bond acceptors (Lipinski definition) is 5. The maximum absolute atomic E-state index is 12.8. The molecule has 1 atom stereocenters. The maximum Gasteiger partial charge on any atom is 0.255 e. The maximum atomic E-state index is 12.8. The van der Waals surface area contributed by atoms with Crippen molar-refractivity contribution >= 4 is 17.5 Å². The molecule has 1 amide bonds. The van der Waals surface area contributed by atoms with Crippen LogP contribution in [0.4, 0.5) is 0 Å². The van der Waals surface area contributed by atoms with Gasteiger partial charge >= 0.3 is 0 Å². The minimum atomic E-state index is -0.949. The van der Waals surface area contributed by atoms with Crippen molar-refractivity contribution in [1.29, 1.82) is 0 Å². The Balaban J connectivity index is 1.87. The first-order valence-electron chi connectivity index (χ1n) is 8.41. The quantitative estimate of drug-likeness (QED) is 0.648. The highest BCUT2D eigenvalue weighted by Gasteiger charge is 2.27. The van der Waals surface area contributed by atoms with Gasteiger partial charge in [-0.05, 0) is 11.6 Å². The van der Waals surface area contributed by atoms with Crippen LogP contribution in [0.1, 0.15) is 22.8 Å². The molecule has 0 saturated carbocycles. The van der Waals surface area contributed by atoms with Crippen LogP contribution in [0.25, 0.3) is 11.3 Å². The molecular weight excluding hydrogens is 346 g/mol. The number of nitrogens with zero attached hydrogens (tertiary/aromatic N) is 2. The highest BCUT2D eigenvalue weighted by Crippen LogP contribution is 2.22. The molecule has 138 valence electrons. The number of carbonyl (C=O) groups is 3. The Bertz CT molecular complexity index is 959. The summed E-state index contributed by atoms with van der Waals surface area (Å²) in [5, 5.41) is 6.97. The van der Waals surface area contributed by atoms with Crippen molar-refractivity contribution in [3.8, 4) is 11.3 Å². The molecule has 3 aromatic rings. The molecule has 1 unspecified atom stereocenters. The summed E-state index contributed by atoms with van der Waals surface area (Å²) in [7, 11) is 1.70. The molecule has 0 aliphatic rings. The molecule has 0 bridgehead atoms. The van der Waals surface area contributed by atoms with Crippen molar-refractivity contribution in [3.05, 3.63) is 66.2 Å². The van der Waals surface area contributed by atoms with Gasteiger partial charge < -0.3 is 9.73 Å². The Morgan fingerprint density at radius 1 is 1.19 bits per heavy atom. The van der Waals surface area contributed by atoms with E-state index in [4.69, 9.17) is 4.42 Å². The van der Waals surface area contributed by atoms with Gasteiger partial charge in [0, 0.05) is 32.2 Å².